The molecule has 0 fully saturated rings. The van der Waals surface area contributed by atoms with Crippen LogP contribution >= 0.6 is 0 Å². The molecule has 0 aliphatic rings. The minimum absolute atomic E-state index is 0.0103. The number of unbranched alkanes of at least 4 members (excludes halogenated alkanes) is 43. The predicted molar refractivity (Wildman–Crippen MR) is 278 cm³/mol. The van der Waals surface area contributed by atoms with Crippen molar-refractivity contribution in [2.75, 3.05) is 13.2 Å². The topological polar surface area (TPSA) is 95.9 Å². The third kappa shape index (κ3) is 50.0. The van der Waals surface area contributed by atoms with Crippen molar-refractivity contribution in [1.29, 1.82) is 0 Å². The van der Waals surface area contributed by atoms with Crippen LogP contribution in [0.4, 0.5) is 0 Å². The first-order chi connectivity index (χ1) is 31.5. The molecule has 1 amide bonds. The summed E-state index contributed by atoms with van der Waals surface area (Å²) in [7, 11) is 0. The number of carbonyl (C=O) groups excluding carboxylic acids is 2. The summed E-state index contributed by atoms with van der Waals surface area (Å²) < 4.78 is 5.49. The smallest absolute Gasteiger partial charge is 0.305 e. The van der Waals surface area contributed by atoms with Crippen LogP contribution in [-0.2, 0) is 14.3 Å². The number of rotatable bonds is 54. The van der Waals surface area contributed by atoms with Gasteiger partial charge in [-0.15, -0.1) is 0 Å². The SMILES string of the molecule is CCCCCCCCCCCCC/C=C/C(O)C(CO)NC(=O)CCCCCCCCCCCCCCCCCCCCOC(=O)CCCCCCCCCCCCCCCCCC. The van der Waals surface area contributed by atoms with Crippen LogP contribution in [0.5, 0.6) is 0 Å². The van der Waals surface area contributed by atoms with Crippen LogP contribution in [0, 0.1) is 0 Å². The quantitative estimate of drug-likeness (QED) is 0.0321. The molecule has 2 atom stereocenters. The third-order valence-corrected chi connectivity index (χ3v) is 13.6. The number of esters is 1. The summed E-state index contributed by atoms with van der Waals surface area (Å²) in [5.74, 6) is -0.0605. The van der Waals surface area contributed by atoms with Gasteiger partial charge >= 0.3 is 5.97 Å². The van der Waals surface area contributed by atoms with Gasteiger partial charge in [0.1, 0.15) is 0 Å². The lowest BCUT2D eigenvalue weighted by Gasteiger charge is -2.20. The third-order valence-electron chi connectivity index (χ3n) is 13.6. The highest BCUT2D eigenvalue weighted by Gasteiger charge is 2.18. The number of allylic oxidation sites excluding steroid dienone is 1. The fourth-order valence-corrected chi connectivity index (χ4v) is 9.11. The molecule has 0 spiro atoms. The van der Waals surface area contributed by atoms with Crippen molar-refractivity contribution in [1.82, 2.24) is 5.32 Å². The highest BCUT2D eigenvalue weighted by molar-refractivity contribution is 5.76. The van der Waals surface area contributed by atoms with Crippen LogP contribution in [0.1, 0.15) is 322 Å². The number of aliphatic hydroxyl groups is 2. The molecule has 6 nitrogen and oxygen atoms in total. The van der Waals surface area contributed by atoms with E-state index in [1.807, 2.05) is 6.08 Å². The van der Waals surface area contributed by atoms with Gasteiger partial charge in [-0.2, -0.15) is 0 Å². The number of amides is 1. The van der Waals surface area contributed by atoms with Gasteiger partial charge in [-0.1, -0.05) is 289 Å². The van der Waals surface area contributed by atoms with Gasteiger partial charge < -0.3 is 20.3 Å². The van der Waals surface area contributed by atoms with Gasteiger partial charge in [0.15, 0.2) is 0 Å². The largest absolute Gasteiger partial charge is 0.466 e. The summed E-state index contributed by atoms with van der Waals surface area (Å²) in [6, 6.07) is -0.629. The molecule has 0 aromatic rings. The Kier molecular flexibility index (Phi) is 53.0. The molecule has 64 heavy (non-hydrogen) atoms. The highest BCUT2D eigenvalue weighted by Crippen LogP contribution is 2.17. The second kappa shape index (κ2) is 54.2. The molecule has 0 saturated carbocycles. The second-order valence-electron chi connectivity index (χ2n) is 20.0. The molecule has 0 bridgehead atoms. The summed E-state index contributed by atoms with van der Waals surface area (Å²) in [6.45, 7) is 4.91. The fourth-order valence-electron chi connectivity index (χ4n) is 9.11. The first-order valence-electron chi connectivity index (χ1n) is 29.0. The standard InChI is InChI=1S/C58H113NO5/c1-3-5-7-9-11-13-15-17-18-24-28-32-36-40-44-48-52-58(63)64-53-49-45-41-37-33-29-25-22-20-19-21-23-27-31-35-39-43-47-51-57(62)59-55(54-60)56(61)50-46-42-38-34-30-26-16-14-12-10-8-6-4-2/h46,50,55-56,60-61H,3-45,47-49,51-54H2,1-2H3,(H,59,62)/b50-46+. The van der Waals surface area contributed by atoms with Crippen molar-refractivity contribution in [3.05, 3.63) is 12.2 Å². The van der Waals surface area contributed by atoms with E-state index in [4.69, 9.17) is 4.74 Å². The first-order valence-corrected chi connectivity index (χ1v) is 29.0. The predicted octanol–water partition coefficient (Wildman–Crippen LogP) is 17.7. The van der Waals surface area contributed by atoms with Crippen molar-refractivity contribution >= 4 is 11.9 Å². The van der Waals surface area contributed by atoms with Crippen molar-refractivity contribution in [3.8, 4) is 0 Å². The summed E-state index contributed by atoms with van der Waals surface area (Å²) in [6.07, 6.45) is 63.7. The van der Waals surface area contributed by atoms with Crippen LogP contribution in [-0.4, -0.2) is 47.4 Å². The molecule has 0 saturated heterocycles. The maximum absolute atomic E-state index is 12.4. The molecule has 0 heterocycles. The van der Waals surface area contributed by atoms with E-state index >= 15 is 0 Å². The highest BCUT2D eigenvalue weighted by atomic mass is 16.5. The van der Waals surface area contributed by atoms with Gasteiger partial charge in [0, 0.05) is 12.8 Å². The molecule has 0 aromatic heterocycles. The zero-order valence-electron chi connectivity index (χ0n) is 43.3. The summed E-state index contributed by atoms with van der Waals surface area (Å²) in [4.78, 5) is 24.5. The number of hydrogen-bond acceptors (Lipinski definition) is 5. The molecule has 0 radical (unpaired) electrons. The van der Waals surface area contributed by atoms with E-state index in [1.54, 1.807) is 6.08 Å². The van der Waals surface area contributed by atoms with Crippen molar-refractivity contribution < 1.29 is 24.5 Å². The Bertz CT molecular complexity index is 955. The van der Waals surface area contributed by atoms with Crippen molar-refractivity contribution in [3.63, 3.8) is 0 Å². The zero-order chi connectivity index (χ0) is 46.5. The Balaban J connectivity index is 3.40. The Morgan fingerprint density at radius 2 is 0.719 bits per heavy atom. The molecule has 0 rings (SSSR count). The number of nitrogens with one attached hydrogen (secondary N) is 1. The minimum atomic E-state index is -0.845. The molecular formula is C58H113NO5. The Labute approximate surface area is 399 Å². The normalized spacial score (nSPS) is 12.6. The van der Waals surface area contributed by atoms with Crippen LogP contribution in [0.3, 0.4) is 0 Å². The molecule has 0 aromatic carbocycles. The Hall–Kier alpha value is -1.40. The van der Waals surface area contributed by atoms with Gasteiger partial charge in [0.25, 0.3) is 0 Å². The van der Waals surface area contributed by atoms with E-state index < -0.39 is 12.1 Å². The van der Waals surface area contributed by atoms with Crippen LogP contribution in [0.25, 0.3) is 0 Å². The molecule has 6 heteroatoms. The van der Waals surface area contributed by atoms with Gasteiger partial charge in [0.05, 0.1) is 25.4 Å². The molecule has 0 aliphatic heterocycles. The van der Waals surface area contributed by atoms with Gasteiger partial charge in [-0.05, 0) is 32.1 Å². The Morgan fingerprint density at radius 3 is 1.06 bits per heavy atom. The van der Waals surface area contributed by atoms with Gasteiger partial charge in [-0.25, -0.2) is 0 Å². The minimum Gasteiger partial charge on any atom is -0.466 e. The second-order valence-corrected chi connectivity index (χ2v) is 20.0. The average molecular weight is 905 g/mol. The maximum atomic E-state index is 12.4. The molecule has 2 unspecified atom stereocenters. The fraction of sp³-hybridized carbons (Fsp3) is 0.931. The monoisotopic (exact) mass is 904 g/mol. The summed E-state index contributed by atoms with van der Waals surface area (Å²) >= 11 is 0. The molecule has 0 aliphatic carbocycles. The lowest BCUT2D eigenvalue weighted by atomic mass is 10.0. The number of aliphatic hydroxyl groups excluding tert-OH is 2. The van der Waals surface area contributed by atoms with E-state index in [2.05, 4.69) is 19.2 Å². The summed E-state index contributed by atoms with van der Waals surface area (Å²) in [5, 5.41) is 23.1. The zero-order valence-corrected chi connectivity index (χ0v) is 43.3. The van der Waals surface area contributed by atoms with Gasteiger partial charge in [0.2, 0.25) is 5.91 Å². The molecular weight excluding hydrogens is 791 g/mol. The molecule has 3 N–H and O–H groups in total. The van der Waals surface area contributed by atoms with Crippen LogP contribution in [0.15, 0.2) is 12.2 Å². The average Bonchev–Trinajstić information content (AvgIpc) is 3.29. The number of carbonyl (C=O) groups is 2. The van der Waals surface area contributed by atoms with Crippen molar-refractivity contribution in [2.45, 2.75) is 334 Å². The first kappa shape index (κ1) is 62.6. The van der Waals surface area contributed by atoms with E-state index in [1.165, 1.54) is 257 Å². The van der Waals surface area contributed by atoms with E-state index in [0.29, 0.717) is 19.4 Å². The van der Waals surface area contributed by atoms with E-state index in [9.17, 15) is 19.8 Å². The molecule has 380 valence electrons. The van der Waals surface area contributed by atoms with E-state index in [0.717, 1.165) is 38.5 Å². The van der Waals surface area contributed by atoms with Crippen LogP contribution in [0.2, 0.25) is 0 Å². The number of ether oxygens (including phenoxy) is 1. The lowest BCUT2D eigenvalue weighted by molar-refractivity contribution is -0.143. The van der Waals surface area contributed by atoms with Crippen LogP contribution < -0.4 is 5.32 Å². The van der Waals surface area contributed by atoms with E-state index in [-0.39, 0.29) is 18.5 Å². The summed E-state index contributed by atoms with van der Waals surface area (Å²) in [5.41, 5.74) is 0. The van der Waals surface area contributed by atoms with Crippen molar-refractivity contribution in [2.24, 2.45) is 0 Å². The lowest BCUT2D eigenvalue weighted by Crippen LogP contribution is -2.45. The Morgan fingerprint density at radius 1 is 0.422 bits per heavy atom. The number of hydrogen-bond donors (Lipinski definition) is 3. The maximum Gasteiger partial charge on any atom is 0.305 e. The van der Waals surface area contributed by atoms with Gasteiger partial charge in [-0.3, -0.25) is 9.59 Å².